The quantitative estimate of drug-likeness (QED) is 0.185. The Bertz CT molecular complexity index is 981. The number of hydrogen-bond acceptors (Lipinski definition) is 4. The Labute approximate surface area is 163 Å². The van der Waals surface area contributed by atoms with Crippen molar-refractivity contribution in [3.63, 3.8) is 0 Å². The molecular weight excluding hydrogens is 358 g/mol. The predicted molar refractivity (Wildman–Crippen MR) is 105 cm³/mol. The highest BCUT2D eigenvalue weighted by molar-refractivity contribution is 5.88. The van der Waals surface area contributed by atoms with E-state index < -0.39 is 0 Å². The first-order valence-corrected chi connectivity index (χ1v) is 9.40. The fraction of sp³-hybridized carbons (Fsp3) is 0.333. The summed E-state index contributed by atoms with van der Waals surface area (Å²) in [6, 6.07) is 10.4. The summed E-state index contributed by atoms with van der Waals surface area (Å²) >= 11 is 0. The van der Waals surface area contributed by atoms with Gasteiger partial charge in [-0.1, -0.05) is 6.42 Å². The van der Waals surface area contributed by atoms with E-state index in [4.69, 9.17) is 4.74 Å². The average Bonchev–Trinajstić information content (AvgIpc) is 3.09. The van der Waals surface area contributed by atoms with Gasteiger partial charge in [0.1, 0.15) is 12.6 Å². The summed E-state index contributed by atoms with van der Waals surface area (Å²) < 4.78 is 9.25. The number of non-ortho nitro benzene ring substituents is 1. The van der Waals surface area contributed by atoms with E-state index in [1.165, 1.54) is 0 Å². The molecule has 28 heavy (non-hydrogen) atoms. The zero-order chi connectivity index (χ0) is 19.9. The molecule has 1 aromatic carbocycles. The molecule has 7 heteroatoms. The second kappa shape index (κ2) is 9.12. The number of fused-ring (bicyclic) bond motifs is 1. The van der Waals surface area contributed by atoms with Crippen molar-refractivity contribution in [1.82, 2.24) is 4.57 Å². The van der Waals surface area contributed by atoms with Gasteiger partial charge in [-0.2, -0.15) is 0 Å². The van der Waals surface area contributed by atoms with Gasteiger partial charge in [0.25, 0.3) is 5.69 Å². The number of rotatable bonds is 9. The molecule has 0 aliphatic heterocycles. The summed E-state index contributed by atoms with van der Waals surface area (Å²) in [7, 11) is 1.87. The number of aromatic nitrogens is 2. The van der Waals surface area contributed by atoms with Crippen LogP contribution in [0.3, 0.4) is 0 Å². The van der Waals surface area contributed by atoms with Crippen LogP contribution in [0.15, 0.2) is 55.0 Å². The van der Waals surface area contributed by atoms with Crippen molar-refractivity contribution >= 4 is 22.6 Å². The highest BCUT2D eigenvalue weighted by atomic mass is 16.6. The third kappa shape index (κ3) is 4.94. The van der Waals surface area contributed by atoms with Crippen molar-refractivity contribution in [3.8, 4) is 0 Å². The number of ether oxygens (including phenoxy) is 1. The van der Waals surface area contributed by atoms with Crippen LogP contribution in [0.2, 0.25) is 0 Å². The molecule has 3 aromatic rings. The molecule has 0 spiro atoms. The molecule has 0 aliphatic carbocycles. The van der Waals surface area contributed by atoms with Gasteiger partial charge in [-0.15, -0.1) is 0 Å². The van der Waals surface area contributed by atoms with Crippen molar-refractivity contribution in [2.75, 3.05) is 6.61 Å². The van der Waals surface area contributed by atoms with Gasteiger partial charge < -0.3 is 9.30 Å². The minimum Gasteiger partial charge on any atom is -0.462 e. The number of aryl methyl sites for hydroxylation is 2. The number of carbonyl (C=O) groups excluding carboxylic acids is 1. The molecule has 7 nitrogen and oxygen atoms in total. The maximum absolute atomic E-state index is 12.0. The molecular formula is C21H24N3O4+. The van der Waals surface area contributed by atoms with Crippen molar-refractivity contribution < 1.29 is 19.0 Å². The zero-order valence-corrected chi connectivity index (χ0v) is 15.9. The summed E-state index contributed by atoms with van der Waals surface area (Å²) in [5, 5.41) is 11.7. The Balaban J connectivity index is 1.37. The Morgan fingerprint density at radius 3 is 2.79 bits per heavy atom. The number of nitro benzene ring substituents is 1. The highest BCUT2D eigenvalue weighted by Gasteiger charge is 2.10. The lowest BCUT2D eigenvalue weighted by atomic mass is 10.2. The van der Waals surface area contributed by atoms with Crippen LogP contribution in [-0.2, 0) is 18.3 Å². The van der Waals surface area contributed by atoms with Crippen LogP contribution in [0.4, 0.5) is 5.69 Å². The van der Waals surface area contributed by atoms with Crippen LogP contribution in [0, 0.1) is 10.1 Å². The number of carbonyl (C=O) groups is 1. The molecule has 0 radical (unpaired) electrons. The summed E-state index contributed by atoms with van der Waals surface area (Å²) in [5.74, 6) is -0.288. The molecule has 0 unspecified atom stereocenters. The Hall–Kier alpha value is -3.22. The van der Waals surface area contributed by atoms with E-state index in [-0.39, 0.29) is 16.6 Å². The van der Waals surface area contributed by atoms with E-state index in [2.05, 4.69) is 4.57 Å². The average molecular weight is 382 g/mol. The van der Waals surface area contributed by atoms with Gasteiger partial charge >= 0.3 is 5.97 Å². The summed E-state index contributed by atoms with van der Waals surface area (Å²) in [4.78, 5) is 22.4. The van der Waals surface area contributed by atoms with Crippen LogP contribution < -0.4 is 4.57 Å². The van der Waals surface area contributed by atoms with Crippen molar-refractivity contribution in [1.29, 1.82) is 0 Å². The molecule has 0 atom stereocenters. The minimum absolute atomic E-state index is 0.115. The lowest BCUT2D eigenvalue weighted by molar-refractivity contribution is -0.671. The van der Waals surface area contributed by atoms with Crippen LogP contribution in [0.1, 0.15) is 36.0 Å². The first-order valence-electron chi connectivity index (χ1n) is 9.40. The molecule has 0 fully saturated rings. The first kappa shape index (κ1) is 19.5. The number of nitro groups is 1. The lowest BCUT2D eigenvalue weighted by Crippen LogP contribution is -2.28. The van der Waals surface area contributed by atoms with Crippen LogP contribution >= 0.6 is 0 Å². The third-order valence-electron chi connectivity index (χ3n) is 4.67. The molecule has 3 rings (SSSR count). The Morgan fingerprint density at radius 1 is 1.18 bits per heavy atom. The molecule has 0 amide bonds. The van der Waals surface area contributed by atoms with E-state index in [0.29, 0.717) is 12.2 Å². The molecule has 146 valence electrons. The number of hydrogen-bond donors (Lipinski definition) is 0. The second-order valence-electron chi connectivity index (χ2n) is 6.82. The van der Waals surface area contributed by atoms with E-state index in [9.17, 15) is 14.9 Å². The number of unbranched alkanes of at least 4 members (excludes halogenated alkanes) is 3. The summed E-state index contributed by atoms with van der Waals surface area (Å²) in [5.41, 5.74) is 1.68. The predicted octanol–water partition coefficient (Wildman–Crippen LogP) is 3.79. The molecule has 0 aliphatic rings. The Morgan fingerprint density at radius 2 is 2.00 bits per heavy atom. The highest BCUT2D eigenvalue weighted by Crippen LogP contribution is 2.22. The minimum atomic E-state index is -0.374. The van der Waals surface area contributed by atoms with Gasteiger partial charge in [0.05, 0.1) is 11.5 Å². The SMILES string of the molecule is C[n+]1cccc(C(=O)OCCCCCCn2ccc3cc([N+](=O)[O-])ccc32)c1. The number of esters is 1. The van der Waals surface area contributed by atoms with E-state index >= 15 is 0 Å². The molecule has 0 saturated heterocycles. The van der Waals surface area contributed by atoms with Gasteiger partial charge in [-0.3, -0.25) is 10.1 Å². The lowest BCUT2D eigenvalue weighted by Gasteiger charge is -2.06. The maximum atomic E-state index is 12.0. The number of pyridine rings is 1. The Kier molecular flexibility index (Phi) is 6.37. The van der Waals surface area contributed by atoms with Gasteiger partial charge in [-0.05, 0) is 37.5 Å². The smallest absolute Gasteiger partial charge is 0.344 e. The van der Waals surface area contributed by atoms with Crippen molar-refractivity contribution in [2.45, 2.75) is 32.2 Å². The number of benzene rings is 1. The molecule has 2 aromatic heterocycles. The fourth-order valence-electron chi connectivity index (χ4n) is 3.19. The van der Waals surface area contributed by atoms with Crippen LogP contribution in [0.5, 0.6) is 0 Å². The summed E-state index contributed by atoms with van der Waals surface area (Å²) in [6.07, 6.45) is 9.44. The standard InChI is InChI=1S/C21H24N3O4/c1-22-11-6-7-18(16-22)21(25)28-14-5-3-2-4-12-23-13-10-17-15-19(24(26)27)8-9-20(17)23/h6-11,13,15-16H,2-5,12,14H2,1H3/q+1. The summed E-state index contributed by atoms with van der Waals surface area (Å²) in [6.45, 7) is 1.29. The zero-order valence-electron chi connectivity index (χ0n) is 15.9. The van der Waals surface area contributed by atoms with Crippen molar-refractivity contribution in [3.05, 3.63) is 70.7 Å². The van der Waals surface area contributed by atoms with E-state index in [1.54, 1.807) is 30.5 Å². The van der Waals surface area contributed by atoms with E-state index in [0.717, 1.165) is 43.1 Å². The molecule has 0 saturated carbocycles. The molecule has 0 N–H and O–H groups in total. The fourth-order valence-corrected chi connectivity index (χ4v) is 3.19. The van der Waals surface area contributed by atoms with Gasteiger partial charge in [-0.25, -0.2) is 9.36 Å². The normalized spacial score (nSPS) is 10.9. The van der Waals surface area contributed by atoms with Crippen molar-refractivity contribution in [2.24, 2.45) is 7.05 Å². The molecule has 0 bridgehead atoms. The second-order valence-corrected chi connectivity index (χ2v) is 6.82. The topological polar surface area (TPSA) is 78.2 Å². The number of nitrogens with zero attached hydrogens (tertiary/aromatic N) is 3. The van der Waals surface area contributed by atoms with Gasteiger partial charge in [0, 0.05) is 41.8 Å². The molecule has 2 heterocycles. The van der Waals surface area contributed by atoms with Crippen LogP contribution in [0.25, 0.3) is 10.9 Å². The van der Waals surface area contributed by atoms with Crippen LogP contribution in [-0.4, -0.2) is 22.1 Å². The monoisotopic (exact) mass is 382 g/mol. The van der Waals surface area contributed by atoms with Gasteiger partial charge in [0.2, 0.25) is 0 Å². The van der Waals surface area contributed by atoms with Gasteiger partial charge in [0.15, 0.2) is 12.4 Å². The van der Waals surface area contributed by atoms with E-state index in [1.807, 2.05) is 36.1 Å². The largest absolute Gasteiger partial charge is 0.462 e. The first-order chi connectivity index (χ1) is 13.5. The third-order valence-corrected chi connectivity index (χ3v) is 4.67. The maximum Gasteiger partial charge on any atom is 0.344 e.